The number of urea groups is 1. The molecule has 1 aromatic rings. The van der Waals surface area contributed by atoms with Crippen LogP contribution in [-0.4, -0.2) is 73.3 Å². The average Bonchev–Trinajstić information content (AvgIpc) is 3.01. The van der Waals surface area contributed by atoms with Crippen LogP contribution < -0.4 is 20.1 Å². The van der Waals surface area contributed by atoms with Crippen LogP contribution in [0.2, 0.25) is 0 Å². The van der Waals surface area contributed by atoms with E-state index in [4.69, 9.17) is 9.47 Å². The molecule has 0 aromatic heterocycles. The number of piperidine rings is 1. The maximum atomic E-state index is 13.4. The Morgan fingerprint density at radius 2 is 1.82 bits per heavy atom. The predicted octanol–water partition coefficient (Wildman–Crippen LogP) is 3.00. The second-order valence-electron chi connectivity index (χ2n) is 9.88. The van der Waals surface area contributed by atoms with Crippen molar-refractivity contribution >= 4 is 11.9 Å². The molecule has 0 radical (unpaired) electrons. The molecule has 2 aliphatic heterocycles. The van der Waals surface area contributed by atoms with Crippen molar-refractivity contribution in [2.45, 2.75) is 71.1 Å². The van der Waals surface area contributed by atoms with Gasteiger partial charge in [-0.2, -0.15) is 0 Å². The Labute approximate surface area is 198 Å². The summed E-state index contributed by atoms with van der Waals surface area (Å²) in [7, 11) is 3.25. The Morgan fingerprint density at radius 1 is 1.15 bits per heavy atom. The molecular formula is C25H40N4O4. The zero-order chi connectivity index (χ0) is 24.2. The highest BCUT2D eigenvalue weighted by atomic mass is 16.5. The molecule has 2 heterocycles. The first-order valence-corrected chi connectivity index (χ1v) is 12.0. The number of rotatable bonds is 8. The first-order valence-electron chi connectivity index (χ1n) is 12.0. The van der Waals surface area contributed by atoms with Crippen molar-refractivity contribution in [3.05, 3.63) is 23.8 Å². The summed E-state index contributed by atoms with van der Waals surface area (Å²) in [4.78, 5) is 29.8. The first-order chi connectivity index (χ1) is 15.7. The van der Waals surface area contributed by atoms with Gasteiger partial charge in [0.1, 0.15) is 0 Å². The van der Waals surface area contributed by atoms with Gasteiger partial charge in [-0.15, -0.1) is 0 Å². The lowest BCUT2D eigenvalue weighted by molar-refractivity contribution is -0.133. The Morgan fingerprint density at radius 3 is 2.39 bits per heavy atom. The average molecular weight is 461 g/mol. The fourth-order valence-corrected chi connectivity index (χ4v) is 4.93. The van der Waals surface area contributed by atoms with E-state index in [-0.39, 0.29) is 24.0 Å². The van der Waals surface area contributed by atoms with Crippen molar-refractivity contribution in [2.75, 3.05) is 33.9 Å². The summed E-state index contributed by atoms with van der Waals surface area (Å²) in [6, 6.07) is 5.80. The molecule has 3 amide bonds. The molecule has 3 rings (SSSR count). The maximum absolute atomic E-state index is 13.4. The highest BCUT2D eigenvalue weighted by molar-refractivity contribution is 5.85. The molecule has 1 spiro atoms. The van der Waals surface area contributed by atoms with Crippen LogP contribution in [-0.2, 0) is 11.2 Å². The van der Waals surface area contributed by atoms with Gasteiger partial charge in [0, 0.05) is 38.5 Å². The summed E-state index contributed by atoms with van der Waals surface area (Å²) < 4.78 is 10.8. The van der Waals surface area contributed by atoms with E-state index in [1.165, 1.54) is 0 Å². The van der Waals surface area contributed by atoms with Crippen molar-refractivity contribution in [3.8, 4) is 11.5 Å². The van der Waals surface area contributed by atoms with Crippen LogP contribution in [0.5, 0.6) is 11.5 Å². The fraction of sp³-hybridized carbons (Fsp3) is 0.680. The Balaban J connectivity index is 1.74. The van der Waals surface area contributed by atoms with Crippen LogP contribution in [0.4, 0.5) is 4.79 Å². The summed E-state index contributed by atoms with van der Waals surface area (Å²) >= 11 is 0. The Kier molecular flexibility index (Phi) is 8.10. The van der Waals surface area contributed by atoms with Crippen molar-refractivity contribution in [2.24, 2.45) is 5.92 Å². The number of likely N-dealkylation sites (tertiary alicyclic amines) is 1. The maximum Gasteiger partial charge on any atom is 0.317 e. The van der Waals surface area contributed by atoms with Crippen molar-refractivity contribution < 1.29 is 19.1 Å². The van der Waals surface area contributed by atoms with Crippen LogP contribution in [0, 0.1) is 5.92 Å². The topological polar surface area (TPSA) is 83.1 Å². The molecule has 0 bridgehead atoms. The summed E-state index contributed by atoms with van der Waals surface area (Å²) in [5, 5.41) is 6.67. The highest BCUT2D eigenvalue weighted by Crippen LogP contribution is 2.35. The molecular weight excluding hydrogens is 420 g/mol. The molecule has 0 unspecified atom stereocenters. The van der Waals surface area contributed by atoms with E-state index in [9.17, 15) is 9.59 Å². The summed E-state index contributed by atoms with van der Waals surface area (Å²) in [6.07, 6.45) is 2.99. The molecule has 8 heteroatoms. The SMILES string of the molecule is COc1ccc(CCN2C(=O)[C@H](CC(C)C)NC23CCN(C(=O)NC(C)C)CC3)cc1OC. The number of amides is 3. The molecule has 0 saturated carbocycles. The molecule has 33 heavy (non-hydrogen) atoms. The normalized spacial score (nSPS) is 20.1. The van der Waals surface area contributed by atoms with Crippen molar-refractivity contribution in [1.82, 2.24) is 20.4 Å². The third-order valence-corrected chi connectivity index (χ3v) is 6.59. The molecule has 0 aliphatic carbocycles. The van der Waals surface area contributed by atoms with Gasteiger partial charge in [-0.3, -0.25) is 10.1 Å². The third-order valence-electron chi connectivity index (χ3n) is 6.59. The van der Waals surface area contributed by atoms with E-state index in [2.05, 4.69) is 24.5 Å². The number of carbonyl (C=O) groups excluding carboxylic acids is 2. The monoisotopic (exact) mass is 460 g/mol. The number of nitrogens with zero attached hydrogens (tertiary/aromatic N) is 2. The van der Waals surface area contributed by atoms with Gasteiger partial charge in [0.15, 0.2) is 11.5 Å². The quantitative estimate of drug-likeness (QED) is 0.623. The van der Waals surface area contributed by atoms with Crippen LogP contribution in [0.15, 0.2) is 18.2 Å². The number of nitrogens with one attached hydrogen (secondary N) is 2. The van der Waals surface area contributed by atoms with Gasteiger partial charge in [0.05, 0.1) is 25.9 Å². The Hall–Kier alpha value is -2.48. The largest absolute Gasteiger partial charge is 0.493 e. The minimum atomic E-state index is -0.401. The molecule has 2 aliphatic rings. The zero-order valence-corrected chi connectivity index (χ0v) is 20.9. The smallest absolute Gasteiger partial charge is 0.317 e. The van der Waals surface area contributed by atoms with Crippen LogP contribution in [0.25, 0.3) is 0 Å². The lowest BCUT2D eigenvalue weighted by atomic mass is 9.95. The number of methoxy groups -OCH3 is 2. The molecule has 2 N–H and O–H groups in total. The standard InChI is InChI=1S/C25H40N4O4/c1-17(2)15-20-23(30)29(12-9-19-7-8-21(32-5)22(16-19)33-6)25(27-20)10-13-28(14-11-25)24(31)26-18(3)4/h7-8,16-18,20,27H,9-15H2,1-6H3,(H,26,31)/t20-/m0/s1. The predicted molar refractivity (Wildman–Crippen MR) is 129 cm³/mol. The van der Waals surface area contributed by atoms with Gasteiger partial charge in [0.25, 0.3) is 0 Å². The summed E-state index contributed by atoms with van der Waals surface area (Å²) in [5.74, 6) is 1.98. The van der Waals surface area contributed by atoms with Crippen LogP contribution in [0.3, 0.4) is 0 Å². The van der Waals surface area contributed by atoms with E-state index in [0.29, 0.717) is 37.1 Å². The van der Waals surface area contributed by atoms with Gasteiger partial charge in [-0.05, 0) is 50.3 Å². The van der Waals surface area contributed by atoms with Crippen molar-refractivity contribution in [1.29, 1.82) is 0 Å². The Bertz CT molecular complexity index is 834. The first kappa shape index (κ1) is 25.1. The van der Waals surface area contributed by atoms with Crippen LogP contribution in [0.1, 0.15) is 52.5 Å². The lowest BCUT2D eigenvalue weighted by Gasteiger charge is -2.44. The fourth-order valence-electron chi connectivity index (χ4n) is 4.93. The van der Waals surface area contributed by atoms with Crippen LogP contribution >= 0.6 is 0 Å². The third kappa shape index (κ3) is 5.72. The molecule has 8 nitrogen and oxygen atoms in total. The molecule has 184 valence electrons. The van der Waals surface area contributed by atoms with Gasteiger partial charge in [-0.1, -0.05) is 19.9 Å². The van der Waals surface area contributed by atoms with E-state index >= 15 is 0 Å². The lowest BCUT2D eigenvalue weighted by Crippen LogP contribution is -2.61. The number of hydrogen-bond acceptors (Lipinski definition) is 5. The zero-order valence-electron chi connectivity index (χ0n) is 20.9. The van der Waals surface area contributed by atoms with Gasteiger partial charge < -0.3 is 24.6 Å². The van der Waals surface area contributed by atoms with E-state index < -0.39 is 5.66 Å². The van der Waals surface area contributed by atoms with Crippen molar-refractivity contribution in [3.63, 3.8) is 0 Å². The second-order valence-corrected chi connectivity index (χ2v) is 9.88. The van der Waals surface area contributed by atoms with E-state index in [1.54, 1.807) is 14.2 Å². The molecule has 2 fully saturated rings. The van der Waals surface area contributed by atoms with Gasteiger partial charge in [0.2, 0.25) is 5.91 Å². The molecule has 1 atom stereocenters. The number of hydrogen-bond donors (Lipinski definition) is 2. The van der Waals surface area contributed by atoms with E-state index in [0.717, 1.165) is 31.2 Å². The molecule has 2 saturated heterocycles. The van der Waals surface area contributed by atoms with Gasteiger partial charge in [-0.25, -0.2) is 4.79 Å². The second kappa shape index (κ2) is 10.6. The minimum absolute atomic E-state index is 0.0280. The van der Waals surface area contributed by atoms with Gasteiger partial charge >= 0.3 is 6.03 Å². The summed E-state index contributed by atoms with van der Waals surface area (Å²) in [6.45, 7) is 10.1. The number of carbonyl (C=O) groups is 2. The number of ether oxygens (including phenoxy) is 2. The molecule has 1 aromatic carbocycles. The summed E-state index contributed by atoms with van der Waals surface area (Å²) in [5.41, 5.74) is 0.693. The highest BCUT2D eigenvalue weighted by Gasteiger charge is 2.51. The number of benzene rings is 1. The minimum Gasteiger partial charge on any atom is -0.493 e. The van der Waals surface area contributed by atoms with E-state index in [1.807, 2.05) is 41.8 Å².